The van der Waals surface area contributed by atoms with Crippen LogP contribution in [0.4, 0.5) is 0 Å². The third-order valence-electron chi connectivity index (χ3n) is 3.54. The van der Waals surface area contributed by atoms with Crippen molar-refractivity contribution >= 4 is 0 Å². The van der Waals surface area contributed by atoms with Gasteiger partial charge in [0.15, 0.2) is 0 Å². The van der Waals surface area contributed by atoms with Crippen molar-refractivity contribution in [3.05, 3.63) is 88.0 Å². The molecule has 1 aliphatic rings. The molecule has 1 aliphatic carbocycles. The second-order valence-corrected chi connectivity index (χ2v) is 5.28. The molecule has 0 spiro atoms. The minimum Gasteiger partial charge on any atom is -0.482 e. The molecule has 0 saturated carbocycles. The third-order valence-corrected chi connectivity index (χ3v) is 3.54. The summed E-state index contributed by atoms with van der Waals surface area (Å²) in [6, 6.07) is 11.3. The van der Waals surface area contributed by atoms with Crippen LogP contribution in [0.3, 0.4) is 0 Å². The lowest BCUT2D eigenvalue weighted by atomic mass is 10.0. The van der Waals surface area contributed by atoms with Crippen molar-refractivity contribution in [1.82, 2.24) is 0 Å². The molecular weight excluding hydrogens is 276 g/mol. The second-order valence-electron chi connectivity index (χ2n) is 5.28. The first-order valence-corrected chi connectivity index (χ1v) is 7.45. The molecule has 1 aromatic carbocycles. The van der Waals surface area contributed by atoms with E-state index in [2.05, 4.69) is 18.2 Å². The molecule has 3 rings (SSSR count). The van der Waals surface area contributed by atoms with Crippen LogP contribution in [0.1, 0.15) is 24.2 Å². The summed E-state index contributed by atoms with van der Waals surface area (Å²) in [6.45, 7) is 0.360. The molecule has 22 heavy (non-hydrogen) atoms. The zero-order chi connectivity index (χ0) is 15.2. The van der Waals surface area contributed by atoms with Crippen molar-refractivity contribution in [1.29, 1.82) is 0 Å². The standard InChI is InChI=1S/C19H18O3/c20-18-12-17(11-15-7-3-1-4-8-15)21-14-19(18)22-13-16-9-5-2-6-10-16/h2-3,5-10,12,14H,1,4,11,13H2. The average molecular weight is 294 g/mol. The van der Waals surface area contributed by atoms with Crippen LogP contribution in [0.15, 0.2) is 75.7 Å². The summed E-state index contributed by atoms with van der Waals surface area (Å²) in [5, 5.41) is 0. The van der Waals surface area contributed by atoms with Gasteiger partial charge in [0, 0.05) is 12.5 Å². The fourth-order valence-electron chi connectivity index (χ4n) is 2.37. The van der Waals surface area contributed by atoms with Gasteiger partial charge in [-0.3, -0.25) is 4.79 Å². The Morgan fingerprint density at radius 1 is 1.14 bits per heavy atom. The van der Waals surface area contributed by atoms with Crippen LogP contribution in [0.5, 0.6) is 5.75 Å². The molecule has 1 aromatic heterocycles. The largest absolute Gasteiger partial charge is 0.482 e. The van der Waals surface area contributed by atoms with Gasteiger partial charge in [-0.2, -0.15) is 0 Å². The summed E-state index contributed by atoms with van der Waals surface area (Å²) < 4.78 is 11.1. The Morgan fingerprint density at radius 2 is 2.00 bits per heavy atom. The number of benzene rings is 1. The molecule has 0 N–H and O–H groups in total. The van der Waals surface area contributed by atoms with Gasteiger partial charge in [0.2, 0.25) is 11.2 Å². The van der Waals surface area contributed by atoms with E-state index in [1.54, 1.807) is 0 Å². The van der Waals surface area contributed by atoms with E-state index in [0.29, 0.717) is 18.8 Å². The Balaban J connectivity index is 1.66. The molecule has 1 heterocycles. The van der Waals surface area contributed by atoms with Crippen LogP contribution in [-0.2, 0) is 13.0 Å². The van der Waals surface area contributed by atoms with Gasteiger partial charge in [-0.15, -0.1) is 0 Å². The summed E-state index contributed by atoms with van der Waals surface area (Å²) in [4.78, 5) is 12.1. The molecule has 2 aromatic rings. The summed E-state index contributed by atoms with van der Waals surface area (Å²) in [5.41, 5.74) is 2.06. The highest BCUT2D eigenvalue weighted by molar-refractivity contribution is 5.28. The highest BCUT2D eigenvalue weighted by Gasteiger charge is 2.07. The maximum absolute atomic E-state index is 12.1. The minimum atomic E-state index is -0.141. The summed E-state index contributed by atoms with van der Waals surface area (Å²) >= 11 is 0. The topological polar surface area (TPSA) is 39.4 Å². The van der Waals surface area contributed by atoms with Crippen LogP contribution in [0, 0.1) is 0 Å². The van der Waals surface area contributed by atoms with E-state index in [1.807, 2.05) is 30.3 Å². The molecule has 0 saturated heterocycles. The quantitative estimate of drug-likeness (QED) is 0.835. The second kappa shape index (κ2) is 6.94. The predicted molar refractivity (Wildman–Crippen MR) is 85.9 cm³/mol. The lowest BCUT2D eigenvalue weighted by molar-refractivity contribution is 0.290. The molecule has 0 atom stereocenters. The van der Waals surface area contributed by atoms with Crippen LogP contribution in [0.2, 0.25) is 0 Å². The smallest absolute Gasteiger partial charge is 0.227 e. The molecule has 3 nitrogen and oxygen atoms in total. The molecular formula is C19H18O3. The maximum Gasteiger partial charge on any atom is 0.227 e. The molecule has 0 fully saturated rings. The van der Waals surface area contributed by atoms with E-state index < -0.39 is 0 Å². The number of rotatable bonds is 5. The Hall–Kier alpha value is -2.55. The van der Waals surface area contributed by atoms with Crippen LogP contribution >= 0.6 is 0 Å². The van der Waals surface area contributed by atoms with Crippen LogP contribution < -0.4 is 10.2 Å². The SMILES string of the molecule is O=c1cc(CC2=CCCC=C2)occ1OCc1ccccc1. The van der Waals surface area contributed by atoms with E-state index in [4.69, 9.17) is 9.15 Å². The van der Waals surface area contributed by atoms with Crippen molar-refractivity contribution in [2.24, 2.45) is 0 Å². The number of allylic oxidation sites excluding steroid dienone is 4. The zero-order valence-electron chi connectivity index (χ0n) is 12.3. The van der Waals surface area contributed by atoms with E-state index in [0.717, 1.165) is 18.4 Å². The zero-order valence-corrected chi connectivity index (χ0v) is 12.3. The van der Waals surface area contributed by atoms with Gasteiger partial charge in [-0.25, -0.2) is 0 Å². The predicted octanol–water partition coefficient (Wildman–Crippen LogP) is 4.04. The molecule has 0 unspecified atom stereocenters. The average Bonchev–Trinajstić information content (AvgIpc) is 2.56. The van der Waals surface area contributed by atoms with Gasteiger partial charge >= 0.3 is 0 Å². The molecule has 112 valence electrons. The Kier molecular flexibility index (Phi) is 4.54. The van der Waals surface area contributed by atoms with Crippen molar-refractivity contribution in [2.45, 2.75) is 25.9 Å². The fourth-order valence-corrected chi connectivity index (χ4v) is 2.37. The highest BCUT2D eigenvalue weighted by Crippen LogP contribution is 2.16. The fraction of sp³-hybridized carbons (Fsp3) is 0.211. The lowest BCUT2D eigenvalue weighted by Gasteiger charge is -2.08. The van der Waals surface area contributed by atoms with E-state index >= 15 is 0 Å². The Labute approximate surface area is 129 Å². The van der Waals surface area contributed by atoms with Crippen LogP contribution in [0.25, 0.3) is 0 Å². The summed E-state index contributed by atoms with van der Waals surface area (Å²) in [7, 11) is 0. The summed E-state index contributed by atoms with van der Waals surface area (Å²) in [5.74, 6) is 0.913. The first kappa shape index (κ1) is 14.4. The van der Waals surface area contributed by atoms with Crippen molar-refractivity contribution in [3.63, 3.8) is 0 Å². The summed E-state index contributed by atoms with van der Waals surface area (Å²) in [6.07, 6.45) is 10.6. The maximum atomic E-state index is 12.1. The van der Waals surface area contributed by atoms with Crippen molar-refractivity contribution < 1.29 is 9.15 Å². The van der Waals surface area contributed by atoms with E-state index in [-0.39, 0.29) is 11.2 Å². The molecule has 0 aliphatic heterocycles. The number of hydrogen-bond donors (Lipinski definition) is 0. The number of ether oxygens (including phenoxy) is 1. The molecule has 0 bridgehead atoms. The molecule has 0 amide bonds. The van der Waals surface area contributed by atoms with Gasteiger partial charge < -0.3 is 9.15 Å². The molecule has 3 heteroatoms. The monoisotopic (exact) mass is 294 g/mol. The third kappa shape index (κ3) is 3.76. The Bertz CT molecular complexity index is 739. The van der Waals surface area contributed by atoms with E-state index in [9.17, 15) is 4.79 Å². The molecule has 0 radical (unpaired) electrons. The first-order valence-electron chi connectivity index (χ1n) is 7.45. The van der Waals surface area contributed by atoms with Gasteiger partial charge in [-0.1, -0.05) is 48.6 Å². The van der Waals surface area contributed by atoms with E-state index in [1.165, 1.54) is 17.9 Å². The lowest BCUT2D eigenvalue weighted by Crippen LogP contribution is -2.08. The van der Waals surface area contributed by atoms with Crippen molar-refractivity contribution in [3.8, 4) is 5.75 Å². The first-order chi connectivity index (χ1) is 10.8. The normalized spacial score (nSPS) is 13.7. The van der Waals surface area contributed by atoms with Gasteiger partial charge in [0.1, 0.15) is 18.6 Å². The van der Waals surface area contributed by atoms with Crippen molar-refractivity contribution in [2.75, 3.05) is 0 Å². The van der Waals surface area contributed by atoms with Gasteiger partial charge in [0.05, 0.1) is 0 Å². The highest BCUT2D eigenvalue weighted by atomic mass is 16.5. The van der Waals surface area contributed by atoms with Gasteiger partial charge in [-0.05, 0) is 24.0 Å². The number of hydrogen-bond acceptors (Lipinski definition) is 3. The Morgan fingerprint density at radius 3 is 2.73 bits per heavy atom. The minimum absolute atomic E-state index is 0.141. The van der Waals surface area contributed by atoms with Gasteiger partial charge in [0.25, 0.3) is 0 Å². The van der Waals surface area contributed by atoms with Crippen LogP contribution in [-0.4, -0.2) is 0 Å².